The van der Waals surface area contributed by atoms with Gasteiger partial charge in [-0.2, -0.15) is 11.8 Å². The van der Waals surface area contributed by atoms with Crippen molar-refractivity contribution in [3.8, 4) is 0 Å². The zero-order valence-corrected chi connectivity index (χ0v) is 22.8. The maximum Gasteiger partial charge on any atom is 0.338 e. The zero-order chi connectivity index (χ0) is 27.6. The van der Waals surface area contributed by atoms with Gasteiger partial charge in [-0.1, -0.05) is 64.4 Å². The second-order valence-electron chi connectivity index (χ2n) is 9.74. The van der Waals surface area contributed by atoms with E-state index in [4.69, 9.17) is 17.2 Å². The van der Waals surface area contributed by atoms with E-state index in [0.29, 0.717) is 17.1 Å². The van der Waals surface area contributed by atoms with Crippen LogP contribution in [0.25, 0.3) is 0 Å². The van der Waals surface area contributed by atoms with E-state index in [9.17, 15) is 24.3 Å². The van der Waals surface area contributed by atoms with Crippen molar-refractivity contribution in [1.29, 1.82) is 0 Å². The molecule has 0 aromatic heterocycles. The number of benzene rings is 1. The molecule has 1 aromatic carbocycles. The van der Waals surface area contributed by atoms with Crippen molar-refractivity contribution in [3.63, 3.8) is 0 Å². The molecular formula is C26H42N4O5S. The minimum Gasteiger partial charge on any atom is -0.479 e. The third kappa shape index (κ3) is 7.61. The molecule has 0 fully saturated rings. The highest BCUT2D eigenvalue weighted by Crippen LogP contribution is 2.31. The van der Waals surface area contributed by atoms with Crippen LogP contribution in [0.5, 0.6) is 0 Å². The number of nitrogens with zero attached hydrogens (tertiary/aromatic N) is 1. The molecule has 0 aliphatic heterocycles. The summed E-state index contributed by atoms with van der Waals surface area (Å²) in [7, 11) is 0. The van der Waals surface area contributed by atoms with Crippen LogP contribution < -0.4 is 17.2 Å². The number of thioether (sulfide) groups is 1. The van der Waals surface area contributed by atoms with Gasteiger partial charge >= 0.3 is 5.97 Å². The van der Waals surface area contributed by atoms with Crippen LogP contribution in [0.1, 0.15) is 52.5 Å². The average molecular weight is 523 g/mol. The van der Waals surface area contributed by atoms with Crippen LogP contribution in [0.4, 0.5) is 0 Å². The van der Waals surface area contributed by atoms with Crippen molar-refractivity contribution in [2.75, 3.05) is 12.0 Å². The molecule has 0 saturated carbocycles. The summed E-state index contributed by atoms with van der Waals surface area (Å²) < 4.78 is 0. The highest BCUT2D eigenvalue weighted by Gasteiger charge is 2.58. The van der Waals surface area contributed by atoms with Crippen LogP contribution in [0.3, 0.4) is 0 Å². The molecule has 0 spiro atoms. The highest BCUT2D eigenvalue weighted by molar-refractivity contribution is 7.98. The molecule has 10 heteroatoms. The van der Waals surface area contributed by atoms with Crippen molar-refractivity contribution >= 4 is 35.3 Å². The number of hydrogen-bond donors (Lipinski definition) is 4. The number of carbonyl (C=O) groups is 4. The Kier molecular flexibility index (Phi) is 12.8. The minimum atomic E-state index is -2.53. The summed E-state index contributed by atoms with van der Waals surface area (Å²) in [4.78, 5) is 54.9. The fourth-order valence-electron chi connectivity index (χ4n) is 4.12. The number of carboxylic acid groups (broad SMARTS) is 1. The van der Waals surface area contributed by atoms with Crippen molar-refractivity contribution in [2.24, 2.45) is 29.0 Å². The molecule has 5 atom stereocenters. The molecule has 36 heavy (non-hydrogen) atoms. The van der Waals surface area contributed by atoms with Crippen LogP contribution in [0.15, 0.2) is 30.3 Å². The van der Waals surface area contributed by atoms with E-state index in [-0.39, 0.29) is 31.1 Å². The molecule has 2 amide bonds. The molecule has 0 bridgehead atoms. The fraction of sp³-hybridized carbons (Fsp3) is 0.615. The lowest BCUT2D eigenvalue weighted by molar-refractivity contribution is -0.174. The first-order chi connectivity index (χ1) is 16.8. The summed E-state index contributed by atoms with van der Waals surface area (Å²) in [6.45, 7) is 6.98. The van der Waals surface area contributed by atoms with Gasteiger partial charge in [0.15, 0.2) is 5.78 Å². The Labute approximate surface area is 218 Å². The van der Waals surface area contributed by atoms with Crippen molar-refractivity contribution in [3.05, 3.63) is 35.9 Å². The summed E-state index contributed by atoms with van der Waals surface area (Å²) in [5.41, 5.74) is 16.8. The normalized spacial score (nSPS) is 16.5. The van der Waals surface area contributed by atoms with Crippen LogP contribution in [-0.4, -0.2) is 69.2 Å². The highest BCUT2D eigenvalue weighted by atomic mass is 32.2. The number of imide groups is 1. The zero-order valence-electron chi connectivity index (χ0n) is 22.0. The number of carboxylic acids is 1. The van der Waals surface area contributed by atoms with E-state index < -0.39 is 47.2 Å². The van der Waals surface area contributed by atoms with Crippen molar-refractivity contribution in [2.45, 2.75) is 77.0 Å². The lowest BCUT2D eigenvalue weighted by Crippen LogP contribution is -2.71. The van der Waals surface area contributed by atoms with Crippen molar-refractivity contribution in [1.82, 2.24) is 4.90 Å². The summed E-state index contributed by atoms with van der Waals surface area (Å²) in [6, 6.07) is 5.24. The van der Waals surface area contributed by atoms with Gasteiger partial charge in [-0.05, 0) is 48.7 Å². The molecule has 0 aliphatic rings. The molecule has 0 saturated heterocycles. The molecule has 1 rings (SSSR count). The van der Waals surface area contributed by atoms with Gasteiger partial charge in [-0.15, -0.1) is 0 Å². The molecular weight excluding hydrogens is 480 g/mol. The summed E-state index contributed by atoms with van der Waals surface area (Å²) in [5, 5.41) is 10.5. The Morgan fingerprint density at radius 3 is 2.06 bits per heavy atom. The predicted octanol–water partition coefficient (Wildman–Crippen LogP) is 1.80. The van der Waals surface area contributed by atoms with E-state index in [1.165, 1.54) is 11.8 Å². The lowest BCUT2D eigenvalue weighted by atomic mass is 9.78. The molecule has 9 nitrogen and oxygen atoms in total. The van der Waals surface area contributed by atoms with E-state index in [0.717, 1.165) is 5.56 Å². The van der Waals surface area contributed by atoms with Gasteiger partial charge in [-0.25, -0.2) is 4.79 Å². The van der Waals surface area contributed by atoms with Crippen LogP contribution in [0, 0.1) is 11.8 Å². The molecule has 0 radical (unpaired) electrons. The second-order valence-corrected chi connectivity index (χ2v) is 10.7. The van der Waals surface area contributed by atoms with E-state index >= 15 is 0 Å². The third-order valence-electron chi connectivity index (χ3n) is 6.42. The molecule has 1 aromatic rings. The van der Waals surface area contributed by atoms with E-state index in [1.807, 2.05) is 19.2 Å². The average Bonchev–Trinajstić information content (AvgIpc) is 2.85. The monoisotopic (exact) mass is 522 g/mol. The molecule has 0 heterocycles. The molecule has 5 unspecified atom stereocenters. The lowest BCUT2D eigenvalue weighted by Gasteiger charge is -2.42. The fourth-order valence-corrected chi connectivity index (χ4v) is 4.61. The number of ketones is 1. The Morgan fingerprint density at radius 1 is 1.00 bits per heavy atom. The van der Waals surface area contributed by atoms with Gasteiger partial charge in [0.25, 0.3) is 0 Å². The van der Waals surface area contributed by atoms with Crippen LogP contribution in [-0.2, 0) is 25.6 Å². The predicted molar refractivity (Wildman–Crippen MR) is 143 cm³/mol. The third-order valence-corrected chi connectivity index (χ3v) is 7.06. The molecule has 0 aliphatic carbocycles. The summed E-state index contributed by atoms with van der Waals surface area (Å²) >= 11 is 1.45. The number of rotatable bonds is 15. The van der Waals surface area contributed by atoms with Gasteiger partial charge < -0.3 is 22.3 Å². The number of hydrogen-bond acceptors (Lipinski definition) is 8. The number of amides is 2. The second kappa shape index (κ2) is 14.5. The largest absolute Gasteiger partial charge is 0.479 e. The molecule has 202 valence electrons. The van der Waals surface area contributed by atoms with Crippen molar-refractivity contribution < 1.29 is 24.3 Å². The van der Waals surface area contributed by atoms with Crippen LogP contribution in [0.2, 0.25) is 0 Å². The Hall–Kier alpha value is -2.27. The number of Topliss-reactive ketones (excluding diaryl/α,β-unsaturated/α-hetero) is 1. The van der Waals surface area contributed by atoms with Gasteiger partial charge in [0.05, 0.1) is 18.1 Å². The number of aliphatic carboxylic acids is 1. The first-order valence-electron chi connectivity index (χ1n) is 12.3. The summed E-state index contributed by atoms with van der Waals surface area (Å²) in [6.07, 6.45) is 2.28. The topological polar surface area (TPSA) is 170 Å². The van der Waals surface area contributed by atoms with E-state index in [1.54, 1.807) is 45.0 Å². The van der Waals surface area contributed by atoms with E-state index in [2.05, 4.69) is 0 Å². The minimum absolute atomic E-state index is 0.0477. The summed E-state index contributed by atoms with van der Waals surface area (Å²) in [5.74, 6) is -4.66. The SMILES string of the molecule is CCC(C)C(N)C(=O)N(C(=O)C(N)Cc1ccccc1)C(CC(C)C)(C(=O)O)C(=O)C(N)CCSC. The Morgan fingerprint density at radius 2 is 1.58 bits per heavy atom. The van der Waals surface area contributed by atoms with Gasteiger partial charge in [-0.3, -0.25) is 19.3 Å². The first-order valence-corrected chi connectivity index (χ1v) is 13.7. The molecule has 7 N–H and O–H groups in total. The standard InChI is InChI=1S/C26H42N4O5S/c1-6-17(4)21(29)24(33)30(23(32)20(28)14-18-10-8-7-9-11-18)26(25(34)35,15-16(2)3)22(31)19(27)12-13-36-5/h7-11,16-17,19-21H,6,12-15,27-29H2,1-5H3,(H,34,35). The quantitative estimate of drug-likeness (QED) is 0.251. The van der Waals surface area contributed by atoms with Crippen LogP contribution >= 0.6 is 11.8 Å². The maximum atomic E-state index is 13.8. The maximum absolute atomic E-state index is 13.8. The van der Waals surface area contributed by atoms with Gasteiger partial charge in [0, 0.05) is 0 Å². The number of nitrogens with two attached hydrogens (primary N) is 3. The van der Waals surface area contributed by atoms with Gasteiger partial charge in [0.1, 0.15) is 0 Å². The van der Waals surface area contributed by atoms with Gasteiger partial charge in [0.2, 0.25) is 17.4 Å². The Balaban J connectivity index is 3.74. The first kappa shape index (κ1) is 31.8. The smallest absolute Gasteiger partial charge is 0.338 e. The number of carbonyl (C=O) groups excluding carboxylic acids is 3. The Bertz CT molecular complexity index is 898.